The summed E-state index contributed by atoms with van der Waals surface area (Å²) in [7, 11) is 0. The average molecular weight is 238 g/mol. The summed E-state index contributed by atoms with van der Waals surface area (Å²) in [6, 6.07) is 0. The van der Waals surface area contributed by atoms with Crippen molar-refractivity contribution in [1.29, 1.82) is 0 Å². The molecule has 2 atom stereocenters. The van der Waals surface area contributed by atoms with E-state index in [-0.39, 0.29) is 12.2 Å². The number of rotatable bonds is 6. The van der Waals surface area contributed by atoms with Gasteiger partial charge in [-0.15, -0.1) is 0 Å². The van der Waals surface area contributed by atoms with Crippen molar-refractivity contribution in [3.05, 3.63) is 0 Å². The summed E-state index contributed by atoms with van der Waals surface area (Å²) < 4.78 is 10.0. The third-order valence-electron chi connectivity index (χ3n) is 1.84. The van der Waals surface area contributed by atoms with Crippen LogP contribution in [-0.4, -0.2) is 29.9 Å². The zero-order valence-electron chi connectivity index (χ0n) is 8.60. The molecule has 0 saturated heterocycles. The maximum atomic E-state index is 11.2. The molecule has 0 spiro atoms. The molecule has 0 aliphatic heterocycles. The van der Waals surface area contributed by atoms with Crippen LogP contribution in [0.1, 0.15) is 26.7 Å². The molecule has 0 rings (SSSR count). The standard InChI is InChI=1S/C9H18O3S2/c1-3-7(5-13)11-9(10)12-8(4-2)6-14/h7-8,13-14H,3-6H2,1-2H3. The van der Waals surface area contributed by atoms with Crippen molar-refractivity contribution in [1.82, 2.24) is 0 Å². The van der Waals surface area contributed by atoms with E-state index in [1.54, 1.807) is 0 Å². The van der Waals surface area contributed by atoms with E-state index in [1.807, 2.05) is 13.8 Å². The van der Waals surface area contributed by atoms with Crippen molar-refractivity contribution in [3.8, 4) is 0 Å². The maximum absolute atomic E-state index is 11.2. The number of carbonyl (C=O) groups is 1. The van der Waals surface area contributed by atoms with Gasteiger partial charge in [-0.3, -0.25) is 0 Å². The summed E-state index contributed by atoms with van der Waals surface area (Å²) in [5.74, 6) is 1.03. The quantitative estimate of drug-likeness (QED) is 0.551. The highest BCUT2D eigenvalue weighted by molar-refractivity contribution is 7.80. The fourth-order valence-corrected chi connectivity index (χ4v) is 1.46. The average Bonchev–Trinajstić information content (AvgIpc) is 2.22. The molecule has 0 aliphatic rings. The summed E-state index contributed by atoms with van der Waals surface area (Å²) in [6.07, 6.45) is 0.547. The molecule has 5 heteroatoms. The predicted octanol–water partition coefficient (Wildman–Crippen LogP) is 2.56. The highest BCUT2D eigenvalue weighted by Gasteiger charge is 2.15. The molecule has 0 aliphatic carbocycles. The molecule has 0 aromatic heterocycles. The fraction of sp³-hybridized carbons (Fsp3) is 0.889. The highest BCUT2D eigenvalue weighted by atomic mass is 32.1. The van der Waals surface area contributed by atoms with Gasteiger partial charge in [-0.05, 0) is 12.8 Å². The van der Waals surface area contributed by atoms with Crippen molar-refractivity contribution >= 4 is 31.4 Å². The van der Waals surface area contributed by atoms with Gasteiger partial charge in [0.15, 0.2) is 0 Å². The van der Waals surface area contributed by atoms with Crippen LogP contribution in [-0.2, 0) is 9.47 Å². The zero-order valence-corrected chi connectivity index (χ0v) is 10.4. The number of hydrogen-bond donors (Lipinski definition) is 2. The number of hydrogen-bond acceptors (Lipinski definition) is 5. The smallest absolute Gasteiger partial charge is 0.430 e. The van der Waals surface area contributed by atoms with Crippen molar-refractivity contribution < 1.29 is 14.3 Å². The number of thiol groups is 2. The van der Waals surface area contributed by atoms with Crippen molar-refractivity contribution in [2.75, 3.05) is 11.5 Å². The molecule has 0 bridgehead atoms. The van der Waals surface area contributed by atoms with E-state index in [2.05, 4.69) is 25.3 Å². The van der Waals surface area contributed by atoms with Gasteiger partial charge < -0.3 is 9.47 Å². The van der Waals surface area contributed by atoms with Crippen molar-refractivity contribution in [2.24, 2.45) is 0 Å². The Hall–Kier alpha value is -0.0300. The van der Waals surface area contributed by atoms with Crippen LogP contribution in [0.2, 0.25) is 0 Å². The summed E-state index contributed by atoms with van der Waals surface area (Å²) >= 11 is 8.12. The normalized spacial score (nSPS) is 14.6. The van der Waals surface area contributed by atoms with Gasteiger partial charge in [0, 0.05) is 11.5 Å². The Morgan fingerprint density at radius 3 is 1.64 bits per heavy atom. The molecule has 0 amide bonds. The third-order valence-corrected chi connectivity index (χ3v) is 2.66. The maximum Gasteiger partial charge on any atom is 0.508 e. The molecule has 3 nitrogen and oxygen atoms in total. The van der Waals surface area contributed by atoms with Crippen LogP contribution >= 0.6 is 25.3 Å². The van der Waals surface area contributed by atoms with Crippen molar-refractivity contribution in [2.45, 2.75) is 38.9 Å². The zero-order chi connectivity index (χ0) is 11.0. The molecule has 0 aromatic rings. The van der Waals surface area contributed by atoms with Crippen LogP contribution in [0.4, 0.5) is 4.79 Å². The van der Waals surface area contributed by atoms with Crippen LogP contribution in [0.15, 0.2) is 0 Å². The second kappa shape index (κ2) is 8.29. The summed E-state index contributed by atoms with van der Waals surface area (Å²) in [5.41, 5.74) is 0. The Morgan fingerprint density at radius 1 is 1.07 bits per heavy atom. The predicted molar refractivity (Wildman–Crippen MR) is 63.4 cm³/mol. The van der Waals surface area contributed by atoms with E-state index in [9.17, 15) is 4.79 Å². The van der Waals surface area contributed by atoms with Crippen LogP contribution in [0.5, 0.6) is 0 Å². The van der Waals surface area contributed by atoms with Gasteiger partial charge in [-0.2, -0.15) is 25.3 Å². The lowest BCUT2D eigenvalue weighted by molar-refractivity contribution is 0.00848. The first-order valence-electron chi connectivity index (χ1n) is 4.76. The molecular formula is C9H18O3S2. The topological polar surface area (TPSA) is 35.5 Å². The second-order valence-electron chi connectivity index (χ2n) is 2.91. The Labute approximate surface area is 96.4 Å². The van der Waals surface area contributed by atoms with Gasteiger partial charge in [0.1, 0.15) is 12.2 Å². The Kier molecular flexibility index (Phi) is 8.27. The van der Waals surface area contributed by atoms with E-state index in [0.29, 0.717) is 11.5 Å². The van der Waals surface area contributed by atoms with E-state index < -0.39 is 6.16 Å². The SMILES string of the molecule is CCC(CS)OC(=O)OC(CC)CS. The molecule has 0 saturated carbocycles. The molecule has 0 N–H and O–H groups in total. The lowest BCUT2D eigenvalue weighted by Crippen LogP contribution is -2.25. The summed E-state index contributed by atoms with van der Waals surface area (Å²) in [4.78, 5) is 11.2. The highest BCUT2D eigenvalue weighted by Crippen LogP contribution is 2.06. The largest absolute Gasteiger partial charge is 0.508 e. The third kappa shape index (κ3) is 5.65. The molecule has 84 valence electrons. The van der Waals surface area contributed by atoms with Gasteiger partial charge in [0.2, 0.25) is 0 Å². The molecule has 0 fully saturated rings. The Morgan fingerprint density at radius 2 is 1.43 bits per heavy atom. The minimum Gasteiger partial charge on any atom is -0.430 e. The fourth-order valence-electron chi connectivity index (χ4n) is 0.799. The van der Waals surface area contributed by atoms with Crippen molar-refractivity contribution in [3.63, 3.8) is 0 Å². The Balaban J connectivity index is 3.83. The van der Waals surface area contributed by atoms with Crippen LogP contribution < -0.4 is 0 Å². The first-order chi connectivity index (χ1) is 6.67. The molecule has 0 radical (unpaired) electrons. The van der Waals surface area contributed by atoms with Gasteiger partial charge in [0.25, 0.3) is 0 Å². The van der Waals surface area contributed by atoms with E-state index in [4.69, 9.17) is 9.47 Å². The summed E-state index contributed by atoms with van der Waals surface area (Å²) in [5, 5.41) is 0. The van der Waals surface area contributed by atoms with E-state index in [0.717, 1.165) is 12.8 Å². The number of ether oxygens (including phenoxy) is 2. The lowest BCUT2D eigenvalue weighted by Gasteiger charge is -2.17. The van der Waals surface area contributed by atoms with Crippen LogP contribution in [0.3, 0.4) is 0 Å². The van der Waals surface area contributed by atoms with Crippen LogP contribution in [0.25, 0.3) is 0 Å². The molecule has 14 heavy (non-hydrogen) atoms. The van der Waals surface area contributed by atoms with Gasteiger partial charge in [0.05, 0.1) is 0 Å². The molecule has 0 heterocycles. The molecular weight excluding hydrogens is 220 g/mol. The van der Waals surface area contributed by atoms with Gasteiger partial charge >= 0.3 is 6.16 Å². The van der Waals surface area contributed by atoms with Crippen LogP contribution in [0, 0.1) is 0 Å². The minimum atomic E-state index is -0.619. The number of carbonyl (C=O) groups excluding carboxylic acids is 1. The molecule has 2 unspecified atom stereocenters. The van der Waals surface area contributed by atoms with E-state index >= 15 is 0 Å². The van der Waals surface area contributed by atoms with E-state index in [1.165, 1.54) is 0 Å². The first-order valence-corrected chi connectivity index (χ1v) is 6.03. The monoisotopic (exact) mass is 238 g/mol. The first kappa shape index (κ1) is 14.0. The minimum absolute atomic E-state index is 0.164. The Bertz CT molecular complexity index is 140. The second-order valence-corrected chi connectivity index (χ2v) is 3.64. The molecule has 0 aromatic carbocycles. The van der Waals surface area contributed by atoms with Gasteiger partial charge in [-0.25, -0.2) is 4.79 Å². The summed E-state index contributed by atoms with van der Waals surface area (Å²) in [6.45, 7) is 3.87. The lowest BCUT2D eigenvalue weighted by atomic mass is 10.3. The van der Waals surface area contributed by atoms with Gasteiger partial charge in [-0.1, -0.05) is 13.8 Å².